The summed E-state index contributed by atoms with van der Waals surface area (Å²) in [5.74, 6) is -1.28. The highest BCUT2D eigenvalue weighted by atomic mass is 32.2. The van der Waals surface area contributed by atoms with E-state index < -0.39 is 27.9 Å². The molecule has 0 fully saturated rings. The lowest BCUT2D eigenvalue weighted by atomic mass is 10.0. The van der Waals surface area contributed by atoms with Gasteiger partial charge in [0.1, 0.15) is 6.61 Å². The molecule has 1 aromatic rings. The van der Waals surface area contributed by atoms with E-state index >= 15 is 0 Å². The standard InChI is InChI=1S/C18H20N2O5S/c1-3-7-14-16-15(20(17(14)21)26(2,23)24)10-11-19(16)18(22)25-12-13-8-5-4-6-9-13/h3-6,8-9,14H,1,7,10-12H2,2H3/t14-/m1/s1. The Labute approximate surface area is 152 Å². The second-order valence-electron chi connectivity index (χ2n) is 6.22. The summed E-state index contributed by atoms with van der Waals surface area (Å²) in [6.45, 7) is 4.02. The molecule has 0 bridgehead atoms. The first-order chi connectivity index (χ1) is 12.3. The van der Waals surface area contributed by atoms with Gasteiger partial charge in [0.05, 0.1) is 23.6 Å². The molecule has 0 N–H and O–H groups in total. The van der Waals surface area contributed by atoms with E-state index in [1.807, 2.05) is 30.3 Å². The number of hydrogen-bond donors (Lipinski definition) is 0. The van der Waals surface area contributed by atoms with Gasteiger partial charge in [-0.15, -0.1) is 6.58 Å². The predicted octanol–water partition coefficient (Wildman–Crippen LogP) is 2.23. The van der Waals surface area contributed by atoms with Gasteiger partial charge in [-0.05, 0) is 12.0 Å². The minimum absolute atomic E-state index is 0.106. The molecule has 8 heteroatoms. The summed E-state index contributed by atoms with van der Waals surface area (Å²) in [6.07, 6.45) is 2.50. The van der Waals surface area contributed by atoms with Crippen molar-refractivity contribution in [3.63, 3.8) is 0 Å². The molecule has 0 aliphatic carbocycles. The molecular weight excluding hydrogens is 356 g/mol. The summed E-state index contributed by atoms with van der Waals surface area (Å²) in [7, 11) is -3.75. The zero-order valence-electron chi connectivity index (χ0n) is 14.4. The first kappa shape index (κ1) is 18.2. The summed E-state index contributed by atoms with van der Waals surface area (Å²) in [5, 5.41) is 0. The lowest BCUT2D eigenvalue weighted by Gasteiger charge is -2.23. The molecule has 0 spiro atoms. The van der Waals surface area contributed by atoms with Gasteiger partial charge in [-0.2, -0.15) is 0 Å². The Morgan fingerprint density at radius 3 is 2.65 bits per heavy atom. The van der Waals surface area contributed by atoms with Crippen LogP contribution >= 0.6 is 0 Å². The molecule has 1 atom stereocenters. The number of carbonyl (C=O) groups excluding carboxylic acids is 2. The summed E-state index contributed by atoms with van der Waals surface area (Å²) in [6, 6.07) is 9.24. The maximum atomic E-state index is 12.6. The third-order valence-electron chi connectivity index (χ3n) is 4.39. The van der Waals surface area contributed by atoms with Gasteiger partial charge in [0.25, 0.3) is 0 Å². The van der Waals surface area contributed by atoms with Crippen LogP contribution in [0.1, 0.15) is 18.4 Å². The van der Waals surface area contributed by atoms with Gasteiger partial charge in [-0.25, -0.2) is 17.5 Å². The van der Waals surface area contributed by atoms with E-state index in [-0.39, 0.29) is 19.6 Å². The fourth-order valence-electron chi connectivity index (χ4n) is 3.34. The quantitative estimate of drug-likeness (QED) is 0.736. The molecule has 0 saturated carbocycles. The van der Waals surface area contributed by atoms with Crippen LogP contribution in [0, 0.1) is 5.92 Å². The Balaban J connectivity index is 1.84. The molecule has 7 nitrogen and oxygen atoms in total. The summed E-state index contributed by atoms with van der Waals surface area (Å²) in [4.78, 5) is 26.5. The molecule has 2 aliphatic rings. The smallest absolute Gasteiger partial charge is 0.414 e. The molecule has 0 saturated heterocycles. The van der Waals surface area contributed by atoms with Crippen LogP contribution in [-0.4, -0.2) is 42.4 Å². The lowest BCUT2D eigenvalue weighted by Crippen LogP contribution is -2.37. The van der Waals surface area contributed by atoms with Gasteiger partial charge in [-0.1, -0.05) is 36.4 Å². The molecule has 2 aliphatic heterocycles. The van der Waals surface area contributed by atoms with Crippen LogP contribution in [-0.2, 0) is 26.2 Å². The Bertz CT molecular complexity index is 876. The van der Waals surface area contributed by atoms with E-state index in [4.69, 9.17) is 4.74 Å². The van der Waals surface area contributed by atoms with Gasteiger partial charge < -0.3 is 4.74 Å². The molecule has 0 radical (unpaired) electrons. The molecule has 0 aromatic heterocycles. The number of amides is 2. The zero-order valence-corrected chi connectivity index (χ0v) is 15.2. The molecule has 26 heavy (non-hydrogen) atoms. The van der Waals surface area contributed by atoms with E-state index in [0.717, 1.165) is 16.1 Å². The van der Waals surface area contributed by atoms with Gasteiger partial charge in [0.15, 0.2) is 0 Å². The largest absolute Gasteiger partial charge is 0.444 e. The topological polar surface area (TPSA) is 84.0 Å². The Morgan fingerprint density at radius 2 is 2.04 bits per heavy atom. The first-order valence-electron chi connectivity index (χ1n) is 8.21. The number of rotatable bonds is 5. The molecule has 138 valence electrons. The molecule has 2 heterocycles. The highest BCUT2D eigenvalue weighted by Gasteiger charge is 2.49. The van der Waals surface area contributed by atoms with E-state index in [1.165, 1.54) is 4.90 Å². The minimum atomic E-state index is -3.75. The van der Waals surface area contributed by atoms with Crippen molar-refractivity contribution >= 4 is 22.0 Å². The minimum Gasteiger partial charge on any atom is -0.444 e. The first-order valence-corrected chi connectivity index (χ1v) is 10.1. The summed E-state index contributed by atoms with van der Waals surface area (Å²) in [5.41, 5.74) is 1.62. The number of hydrogen-bond acceptors (Lipinski definition) is 5. The summed E-state index contributed by atoms with van der Waals surface area (Å²) >= 11 is 0. The maximum Gasteiger partial charge on any atom is 0.414 e. The van der Waals surface area contributed by atoms with Gasteiger partial charge >= 0.3 is 6.09 Å². The van der Waals surface area contributed by atoms with E-state index in [0.29, 0.717) is 17.8 Å². The number of carbonyl (C=O) groups is 2. The Hall–Kier alpha value is -2.61. The molecule has 0 unspecified atom stereocenters. The van der Waals surface area contributed by atoms with E-state index in [2.05, 4.69) is 6.58 Å². The van der Waals surface area contributed by atoms with Gasteiger partial charge in [0, 0.05) is 13.0 Å². The van der Waals surface area contributed by atoms with E-state index in [9.17, 15) is 18.0 Å². The van der Waals surface area contributed by atoms with Crippen LogP contribution < -0.4 is 0 Å². The number of ether oxygens (including phenoxy) is 1. The Kier molecular flexibility index (Phi) is 4.86. The van der Waals surface area contributed by atoms with Crippen molar-refractivity contribution in [1.82, 2.24) is 9.21 Å². The van der Waals surface area contributed by atoms with Crippen LogP contribution in [0.4, 0.5) is 4.79 Å². The van der Waals surface area contributed by atoms with Gasteiger partial charge in [-0.3, -0.25) is 9.69 Å². The normalized spacial score (nSPS) is 19.7. The highest BCUT2D eigenvalue weighted by molar-refractivity contribution is 7.89. The van der Waals surface area contributed by atoms with Crippen LogP contribution in [0.15, 0.2) is 54.4 Å². The number of nitrogens with zero attached hydrogens (tertiary/aromatic N) is 2. The Morgan fingerprint density at radius 1 is 1.35 bits per heavy atom. The average Bonchev–Trinajstić information content (AvgIpc) is 3.12. The molecule has 1 aromatic carbocycles. The van der Waals surface area contributed by atoms with E-state index in [1.54, 1.807) is 6.08 Å². The van der Waals surface area contributed by atoms with Crippen molar-refractivity contribution in [2.75, 3.05) is 12.8 Å². The molecule has 3 rings (SSSR count). The van der Waals surface area contributed by atoms with Crippen molar-refractivity contribution in [2.24, 2.45) is 5.92 Å². The molecule has 2 amide bonds. The van der Waals surface area contributed by atoms with Crippen LogP contribution in [0.25, 0.3) is 0 Å². The molecular formula is C18H20N2O5S. The average molecular weight is 376 g/mol. The fourth-order valence-corrected chi connectivity index (χ4v) is 4.38. The van der Waals surface area contributed by atoms with Gasteiger partial charge in [0.2, 0.25) is 15.9 Å². The fraction of sp³-hybridized carbons (Fsp3) is 0.333. The second-order valence-corrected chi connectivity index (χ2v) is 8.05. The predicted molar refractivity (Wildman–Crippen MR) is 95.0 cm³/mol. The zero-order chi connectivity index (χ0) is 18.9. The number of sulfonamides is 1. The monoisotopic (exact) mass is 376 g/mol. The number of allylic oxidation sites excluding steroid dienone is 1. The number of benzene rings is 1. The van der Waals surface area contributed by atoms with Crippen molar-refractivity contribution in [2.45, 2.75) is 19.4 Å². The summed E-state index contributed by atoms with van der Waals surface area (Å²) < 4.78 is 30.2. The second kappa shape index (κ2) is 6.95. The van der Waals surface area contributed by atoms with Crippen molar-refractivity contribution < 1.29 is 22.7 Å². The van der Waals surface area contributed by atoms with Crippen LogP contribution in [0.3, 0.4) is 0 Å². The van der Waals surface area contributed by atoms with Crippen LogP contribution in [0.2, 0.25) is 0 Å². The SMILES string of the molecule is C=CC[C@H]1C(=O)N(S(C)(=O)=O)C2=C1N(C(=O)OCc1ccccc1)CC2. The lowest BCUT2D eigenvalue weighted by molar-refractivity contribution is -0.127. The third kappa shape index (κ3) is 3.24. The van der Waals surface area contributed by atoms with Crippen LogP contribution in [0.5, 0.6) is 0 Å². The van der Waals surface area contributed by atoms with Crippen molar-refractivity contribution in [3.8, 4) is 0 Å². The van der Waals surface area contributed by atoms with Crippen molar-refractivity contribution in [1.29, 1.82) is 0 Å². The maximum absolute atomic E-state index is 12.6. The third-order valence-corrected chi connectivity index (χ3v) is 5.46. The highest BCUT2D eigenvalue weighted by Crippen LogP contribution is 2.42. The van der Waals surface area contributed by atoms with Crippen molar-refractivity contribution in [3.05, 3.63) is 59.9 Å².